The van der Waals surface area contributed by atoms with Crippen molar-refractivity contribution in [1.29, 1.82) is 0 Å². The minimum atomic E-state index is -0.852. The highest BCUT2D eigenvalue weighted by Crippen LogP contribution is 2.28. The molecule has 0 atom stereocenters. The van der Waals surface area contributed by atoms with Crippen LogP contribution in [0.4, 0.5) is 14.5 Å². The van der Waals surface area contributed by atoms with Crippen molar-refractivity contribution in [3.63, 3.8) is 0 Å². The van der Waals surface area contributed by atoms with Gasteiger partial charge in [-0.2, -0.15) is 4.68 Å². The molecule has 35 heavy (non-hydrogen) atoms. The van der Waals surface area contributed by atoms with Gasteiger partial charge in [-0.15, -0.1) is 5.10 Å². The lowest BCUT2D eigenvalue weighted by atomic mass is 10.1. The molecule has 7 nitrogen and oxygen atoms in total. The van der Waals surface area contributed by atoms with Crippen LogP contribution in [0.25, 0.3) is 5.69 Å². The summed E-state index contributed by atoms with van der Waals surface area (Å²) in [5.41, 5.74) is 0.474. The van der Waals surface area contributed by atoms with Gasteiger partial charge in [-0.05, 0) is 30.2 Å². The minimum Gasteiger partial charge on any atom is -0.488 e. The quantitative estimate of drug-likeness (QED) is 0.423. The molecule has 0 saturated heterocycles. The molecule has 4 aromatic rings. The molecule has 0 unspecified atom stereocenters. The summed E-state index contributed by atoms with van der Waals surface area (Å²) < 4.78 is 37.7. The Bertz CT molecular complexity index is 1420. The molecule has 0 aliphatic carbocycles. The van der Waals surface area contributed by atoms with Gasteiger partial charge >= 0.3 is 5.69 Å². The topological polar surface area (TPSA) is 78.2 Å². The maximum atomic E-state index is 15.2. The molecule has 0 spiro atoms. The van der Waals surface area contributed by atoms with Crippen molar-refractivity contribution in [2.45, 2.75) is 26.9 Å². The van der Waals surface area contributed by atoms with Crippen molar-refractivity contribution < 1.29 is 18.3 Å². The van der Waals surface area contributed by atoms with Crippen LogP contribution in [0, 0.1) is 18.6 Å². The highest BCUT2D eigenvalue weighted by atomic mass is 19.1. The fourth-order valence-electron chi connectivity index (χ4n) is 3.65. The van der Waals surface area contributed by atoms with Crippen LogP contribution in [0.2, 0.25) is 0 Å². The van der Waals surface area contributed by atoms with Crippen LogP contribution in [0.1, 0.15) is 34.2 Å². The number of anilines is 1. The van der Waals surface area contributed by atoms with E-state index in [-0.39, 0.29) is 29.3 Å². The summed E-state index contributed by atoms with van der Waals surface area (Å²) in [6, 6.07) is 15.8. The van der Waals surface area contributed by atoms with E-state index in [0.29, 0.717) is 17.8 Å². The number of benzene rings is 3. The zero-order valence-electron chi connectivity index (χ0n) is 19.5. The Morgan fingerprint density at radius 3 is 2.46 bits per heavy atom. The largest absolute Gasteiger partial charge is 0.488 e. The fourth-order valence-corrected chi connectivity index (χ4v) is 3.65. The average molecular weight is 478 g/mol. The van der Waals surface area contributed by atoms with E-state index in [0.717, 1.165) is 16.3 Å². The number of carbonyl (C=O) groups is 1. The summed E-state index contributed by atoms with van der Waals surface area (Å²) in [5.74, 6) is -1.73. The van der Waals surface area contributed by atoms with Crippen molar-refractivity contribution in [2.24, 2.45) is 7.05 Å². The maximum absolute atomic E-state index is 15.2. The van der Waals surface area contributed by atoms with Crippen molar-refractivity contribution in [1.82, 2.24) is 14.3 Å². The third-order valence-electron chi connectivity index (χ3n) is 5.61. The third kappa shape index (κ3) is 4.84. The number of nitrogens with one attached hydrogen (secondary N) is 1. The number of aryl methyl sites for hydroxylation is 2. The van der Waals surface area contributed by atoms with Crippen molar-refractivity contribution in [3.8, 4) is 11.4 Å². The first-order valence-corrected chi connectivity index (χ1v) is 11.0. The predicted octanol–water partition coefficient (Wildman–Crippen LogP) is 4.55. The Balaban J connectivity index is 1.78. The molecule has 0 fully saturated rings. The molecule has 1 heterocycles. The second-order valence-corrected chi connectivity index (χ2v) is 7.98. The lowest BCUT2D eigenvalue weighted by Gasteiger charge is -2.15. The molecule has 0 aliphatic heterocycles. The van der Waals surface area contributed by atoms with Crippen LogP contribution in [-0.4, -0.2) is 20.3 Å². The van der Waals surface area contributed by atoms with E-state index in [1.165, 1.54) is 22.8 Å². The van der Waals surface area contributed by atoms with Gasteiger partial charge in [0, 0.05) is 19.5 Å². The average Bonchev–Trinajstić information content (AvgIpc) is 3.14. The second kappa shape index (κ2) is 9.92. The van der Waals surface area contributed by atoms with Crippen molar-refractivity contribution >= 4 is 11.6 Å². The van der Waals surface area contributed by atoms with E-state index in [1.54, 1.807) is 20.0 Å². The predicted molar refractivity (Wildman–Crippen MR) is 128 cm³/mol. The van der Waals surface area contributed by atoms with E-state index in [4.69, 9.17) is 4.74 Å². The SMILES string of the molecule is CCc1nn(-c2cc(OCc3ccccc3)c(C(=O)Nc3c(C)cccc3F)cc2F)c(=O)n1C. The molecule has 0 saturated carbocycles. The summed E-state index contributed by atoms with van der Waals surface area (Å²) in [4.78, 5) is 25.8. The molecule has 0 bridgehead atoms. The monoisotopic (exact) mass is 478 g/mol. The Hall–Kier alpha value is -4.27. The first kappa shape index (κ1) is 23.9. The summed E-state index contributed by atoms with van der Waals surface area (Å²) in [5, 5.41) is 6.71. The zero-order valence-corrected chi connectivity index (χ0v) is 19.5. The smallest absolute Gasteiger partial charge is 0.350 e. The van der Waals surface area contributed by atoms with Gasteiger partial charge in [0.1, 0.15) is 35.5 Å². The number of hydrogen-bond acceptors (Lipinski definition) is 4. The molecule has 1 aromatic heterocycles. The van der Waals surface area contributed by atoms with Crippen LogP contribution in [-0.2, 0) is 20.1 Å². The van der Waals surface area contributed by atoms with Crippen molar-refractivity contribution in [2.75, 3.05) is 5.32 Å². The third-order valence-corrected chi connectivity index (χ3v) is 5.61. The van der Waals surface area contributed by atoms with E-state index in [9.17, 15) is 14.0 Å². The van der Waals surface area contributed by atoms with Gasteiger partial charge in [0.25, 0.3) is 5.91 Å². The number of nitrogens with zero attached hydrogens (tertiary/aromatic N) is 3. The molecular formula is C26H24F2N4O3. The number of aromatic nitrogens is 3. The molecule has 0 aliphatic rings. The zero-order chi connectivity index (χ0) is 25.1. The molecule has 0 radical (unpaired) electrons. The maximum Gasteiger partial charge on any atom is 0.350 e. The molecule has 1 amide bonds. The van der Waals surface area contributed by atoms with Crippen molar-refractivity contribution in [3.05, 3.63) is 105 Å². The fraction of sp³-hybridized carbons (Fsp3) is 0.192. The van der Waals surface area contributed by atoms with Crippen LogP contribution < -0.4 is 15.7 Å². The number of rotatable bonds is 7. The second-order valence-electron chi connectivity index (χ2n) is 7.98. The summed E-state index contributed by atoms with van der Waals surface area (Å²) in [7, 11) is 1.55. The van der Waals surface area contributed by atoms with E-state index in [2.05, 4.69) is 10.4 Å². The Labute approximate surface area is 200 Å². The number of carbonyl (C=O) groups excluding carboxylic acids is 1. The van der Waals surface area contributed by atoms with Gasteiger partial charge in [-0.1, -0.05) is 49.4 Å². The van der Waals surface area contributed by atoms with Crippen LogP contribution in [0.5, 0.6) is 5.75 Å². The molecular weight excluding hydrogens is 454 g/mol. The normalized spacial score (nSPS) is 10.9. The van der Waals surface area contributed by atoms with Gasteiger partial charge in [-0.3, -0.25) is 9.36 Å². The Morgan fingerprint density at radius 1 is 1.06 bits per heavy atom. The van der Waals surface area contributed by atoms with E-state index < -0.39 is 23.2 Å². The van der Waals surface area contributed by atoms with Gasteiger partial charge in [0.15, 0.2) is 0 Å². The Kier molecular flexibility index (Phi) is 6.77. The first-order chi connectivity index (χ1) is 16.8. The lowest BCUT2D eigenvalue weighted by Crippen LogP contribution is -2.23. The molecule has 4 rings (SSSR count). The molecule has 1 N–H and O–H groups in total. The number of para-hydroxylation sites is 1. The van der Waals surface area contributed by atoms with Crippen LogP contribution in [0.15, 0.2) is 65.5 Å². The number of ether oxygens (including phenoxy) is 1. The van der Waals surface area contributed by atoms with Crippen LogP contribution >= 0.6 is 0 Å². The van der Waals surface area contributed by atoms with E-state index >= 15 is 4.39 Å². The highest BCUT2D eigenvalue weighted by molar-refractivity contribution is 6.06. The lowest BCUT2D eigenvalue weighted by molar-refractivity contribution is 0.102. The number of amides is 1. The highest BCUT2D eigenvalue weighted by Gasteiger charge is 2.22. The summed E-state index contributed by atoms with van der Waals surface area (Å²) >= 11 is 0. The number of hydrogen-bond donors (Lipinski definition) is 1. The first-order valence-electron chi connectivity index (χ1n) is 11.0. The molecule has 9 heteroatoms. The minimum absolute atomic E-state index is 0.00970. The van der Waals surface area contributed by atoms with E-state index in [1.807, 2.05) is 37.3 Å². The van der Waals surface area contributed by atoms with Gasteiger partial charge in [0.05, 0.1) is 11.3 Å². The summed E-state index contributed by atoms with van der Waals surface area (Å²) in [6.45, 7) is 3.56. The molecule has 180 valence electrons. The molecule has 3 aromatic carbocycles. The van der Waals surface area contributed by atoms with Gasteiger partial charge in [0.2, 0.25) is 0 Å². The van der Waals surface area contributed by atoms with Crippen LogP contribution in [0.3, 0.4) is 0 Å². The standard InChI is InChI=1S/C26H24F2N4O3/c1-4-23-30-32(26(34)31(23)3)21-14-22(35-15-17-10-6-5-7-11-17)18(13-20(21)28)25(33)29-24-16(2)9-8-12-19(24)27/h5-14H,4,15H2,1-3H3,(H,29,33). The summed E-state index contributed by atoms with van der Waals surface area (Å²) in [6.07, 6.45) is 0.472. The van der Waals surface area contributed by atoms with Gasteiger partial charge in [-0.25, -0.2) is 13.6 Å². The van der Waals surface area contributed by atoms with Gasteiger partial charge < -0.3 is 10.1 Å². The Morgan fingerprint density at radius 2 is 1.80 bits per heavy atom. The number of halogens is 2.